The fourth-order valence-corrected chi connectivity index (χ4v) is 2.04. The molecular weight excluding hydrogens is 304 g/mol. The van der Waals surface area contributed by atoms with Gasteiger partial charge in [0.1, 0.15) is 6.54 Å². The third-order valence-electron chi connectivity index (χ3n) is 3.16. The molecule has 0 saturated heterocycles. The molecule has 2 aromatic rings. The number of carbonyl (C=O) groups excluding carboxylic acids is 1. The fraction of sp³-hybridized carbons (Fsp3) is 0.267. The van der Waals surface area contributed by atoms with E-state index in [1.165, 1.54) is 6.07 Å². The topological polar surface area (TPSA) is 90.0 Å². The maximum Gasteiger partial charge on any atom is 0.255 e. The van der Waals surface area contributed by atoms with Gasteiger partial charge in [-0.3, -0.25) is 14.2 Å². The van der Waals surface area contributed by atoms with Crippen LogP contribution in [0.2, 0.25) is 5.02 Å². The van der Waals surface area contributed by atoms with Gasteiger partial charge in [0.25, 0.3) is 5.56 Å². The molecule has 0 radical (unpaired) electrons. The molecule has 22 heavy (non-hydrogen) atoms. The average Bonchev–Trinajstić information content (AvgIpc) is 2.50. The zero-order valence-electron chi connectivity index (χ0n) is 12.2. The number of carbonyl (C=O) groups is 1. The van der Waals surface area contributed by atoms with Gasteiger partial charge in [-0.25, -0.2) is 4.98 Å². The van der Waals surface area contributed by atoms with Crippen LogP contribution in [0.25, 0.3) is 0 Å². The predicted octanol–water partition coefficient (Wildman–Crippen LogP) is 1.36. The number of benzene rings is 1. The van der Waals surface area contributed by atoms with Crippen molar-refractivity contribution in [3.8, 4) is 0 Å². The molecule has 0 aliphatic carbocycles. The molecule has 2 rings (SSSR count). The van der Waals surface area contributed by atoms with Gasteiger partial charge >= 0.3 is 0 Å². The number of nitrogens with zero attached hydrogens (tertiary/aromatic N) is 2. The van der Waals surface area contributed by atoms with Gasteiger partial charge in [0.05, 0.1) is 0 Å². The first-order valence-corrected chi connectivity index (χ1v) is 7.24. The summed E-state index contributed by atoms with van der Waals surface area (Å²) in [5.41, 5.74) is 6.93. The molecule has 6 nitrogen and oxygen atoms in total. The second-order valence-corrected chi connectivity index (χ2v) is 5.22. The zero-order chi connectivity index (χ0) is 16.1. The van der Waals surface area contributed by atoms with Gasteiger partial charge in [-0.05, 0) is 24.1 Å². The molecule has 0 atom stereocenters. The van der Waals surface area contributed by atoms with Crippen molar-refractivity contribution in [2.24, 2.45) is 0 Å². The van der Waals surface area contributed by atoms with Crippen LogP contribution in [0.4, 0.5) is 5.95 Å². The SMILES string of the molecule is CCc1cc(=O)n(CC(=O)NCc2ccc(Cl)cc2)c(N)n1. The number of nitrogens with two attached hydrogens (primary N) is 1. The molecule has 3 N–H and O–H groups in total. The predicted molar refractivity (Wildman–Crippen MR) is 85.6 cm³/mol. The van der Waals surface area contributed by atoms with Crippen molar-refractivity contribution >= 4 is 23.5 Å². The lowest BCUT2D eigenvalue weighted by Gasteiger charge is -2.10. The molecule has 1 heterocycles. The highest BCUT2D eigenvalue weighted by Gasteiger charge is 2.09. The monoisotopic (exact) mass is 320 g/mol. The van der Waals surface area contributed by atoms with E-state index in [2.05, 4.69) is 10.3 Å². The van der Waals surface area contributed by atoms with E-state index < -0.39 is 0 Å². The minimum atomic E-state index is -0.328. The van der Waals surface area contributed by atoms with Crippen LogP contribution in [-0.2, 0) is 24.3 Å². The quantitative estimate of drug-likeness (QED) is 0.870. The summed E-state index contributed by atoms with van der Waals surface area (Å²) in [6.07, 6.45) is 0.614. The van der Waals surface area contributed by atoms with Gasteiger partial charge in [-0.2, -0.15) is 0 Å². The number of nitrogens with one attached hydrogen (secondary N) is 1. The van der Waals surface area contributed by atoms with Crippen molar-refractivity contribution in [2.45, 2.75) is 26.4 Å². The number of nitrogen functional groups attached to an aromatic ring is 1. The summed E-state index contributed by atoms with van der Waals surface area (Å²) in [6, 6.07) is 8.53. The molecule has 1 aromatic heterocycles. The minimum absolute atomic E-state index is 0.0472. The summed E-state index contributed by atoms with van der Waals surface area (Å²) >= 11 is 5.79. The highest BCUT2D eigenvalue weighted by Crippen LogP contribution is 2.09. The van der Waals surface area contributed by atoms with Crippen molar-refractivity contribution in [3.05, 3.63) is 57.0 Å². The normalized spacial score (nSPS) is 10.5. The Kier molecular flexibility index (Phi) is 5.16. The summed E-state index contributed by atoms with van der Waals surface area (Å²) in [6.45, 7) is 2.07. The molecule has 0 saturated carbocycles. The Morgan fingerprint density at radius 1 is 1.36 bits per heavy atom. The smallest absolute Gasteiger partial charge is 0.255 e. The summed E-state index contributed by atoms with van der Waals surface area (Å²) < 4.78 is 1.15. The van der Waals surface area contributed by atoms with Crippen LogP contribution in [0.1, 0.15) is 18.2 Å². The number of halogens is 1. The highest BCUT2D eigenvalue weighted by atomic mass is 35.5. The van der Waals surface area contributed by atoms with Crippen molar-refractivity contribution in [2.75, 3.05) is 5.73 Å². The number of hydrogen-bond donors (Lipinski definition) is 2. The second-order valence-electron chi connectivity index (χ2n) is 4.79. The number of aryl methyl sites for hydroxylation is 1. The minimum Gasteiger partial charge on any atom is -0.369 e. The summed E-state index contributed by atoms with van der Waals surface area (Å²) in [4.78, 5) is 27.9. The van der Waals surface area contributed by atoms with Gasteiger partial charge in [-0.1, -0.05) is 30.7 Å². The van der Waals surface area contributed by atoms with Crippen LogP contribution in [0.15, 0.2) is 35.1 Å². The van der Waals surface area contributed by atoms with E-state index in [1.807, 2.05) is 19.1 Å². The Labute approximate surface area is 132 Å². The van der Waals surface area contributed by atoms with Crippen molar-refractivity contribution in [3.63, 3.8) is 0 Å². The van der Waals surface area contributed by atoms with Crippen LogP contribution in [0, 0.1) is 0 Å². The number of hydrogen-bond acceptors (Lipinski definition) is 4. The van der Waals surface area contributed by atoms with E-state index in [4.69, 9.17) is 17.3 Å². The van der Waals surface area contributed by atoms with Crippen LogP contribution >= 0.6 is 11.6 Å². The maximum absolute atomic E-state index is 11.9. The second kappa shape index (κ2) is 7.09. The lowest BCUT2D eigenvalue weighted by molar-refractivity contribution is -0.121. The summed E-state index contributed by atoms with van der Waals surface area (Å²) in [7, 11) is 0. The van der Waals surface area contributed by atoms with Gasteiger partial charge in [0.15, 0.2) is 0 Å². The molecule has 0 spiro atoms. The first-order chi connectivity index (χ1) is 10.5. The van der Waals surface area contributed by atoms with Gasteiger partial charge in [0, 0.05) is 23.3 Å². The first kappa shape index (κ1) is 16.0. The number of aromatic nitrogens is 2. The zero-order valence-corrected chi connectivity index (χ0v) is 12.9. The van der Waals surface area contributed by atoms with Crippen LogP contribution in [-0.4, -0.2) is 15.5 Å². The summed E-state index contributed by atoms with van der Waals surface area (Å²) in [5, 5.41) is 3.36. The maximum atomic E-state index is 11.9. The fourth-order valence-electron chi connectivity index (χ4n) is 1.92. The molecule has 0 bridgehead atoms. The van der Waals surface area contributed by atoms with Crippen LogP contribution in [0.3, 0.4) is 0 Å². The van der Waals surface area contributed by atoms with E-state index in [1.54, 1.807) is 12.1 Å². The number of rotatable bonds is 5. The molecule has 0 fully saturated rings. The van der Waals surface area contributed by atoms with E-state index in [9.17, 15) is 9.59 Å². The number of amides is 1. The van der Waals surface area contributed by atoms with Crippen molar-refractivity contribution in [1.29, 1.82) is 0 Å². The Morgan fingerprint density at radius 3 is 2.64 bits per heavy atom. The van der Waals surface area contributed by atoms with Gasteiger partial charge in [-0.15, -0.1) is 0 Å². The molecule has 0 unspecified atom stereocenters. The molecular formula is C15H17ClN4O2. The third-order valence-corrected chi connectivity index (χ3v) is 3.41. The van der Waals surface area contributed by atoms with Crippen molar-refractivity contribution < 1.29 is 4.79 Å². The standard InChI is InChI=1S/C15H17ClN4O2/c1-2-12-7-14(22)20(15(17)19-12)9-13(21)18-8-10-3-5-11(16)6-4-10/h3-7H,2,8-9H2,1H3,(H2,17,19)(H,18,21). The summed E-state index contributed by atoms with van der Waals surface area (Å²) in [5.74, 6) is -0.263. The van der Waals surface area contributed by atoms with Gasteiger partial charge < -0.3 is 11.1 Å². The number of anilines is 1. The van der Waals surface area contributed by atoms with E-state index >= 15 is 0 Å². The molecule has 7 heteroatoms. The van der Waals surface area contributed by atoms with E-state index in [0.29, 0.717) is 23.7 Å². The largest absolute Gasteiger partial charge is 0.369 e. The molecule has 0 aliphatic rings. The van der Waals surface area contributed by atoms with E-state index in [-0.39, 0.29) is 24.0 Å². The Hall–Kier alpha value is -2.34. The molecule has 1 amide bonds. The Bertz CT molecular complexity index is 725. The third kappa shape index (κ3) is 4.08. The van der Waals surface area contributed by atoms with E-state index in [0.717, 1.165) is 10.1 Å². The van der Waals surface area contributed by atoms with Crippen LogP contribution < -0.4 is 16.6 Å². The lowest BCUT2D eigenvalue weighted by atomic mass is 10.2. The van der Waals surface area contributed by atoms with Crippen molar-refractivity contribution in [1.82, 2.24) is 14.9 Å². The molecule has 0 aliphatic heterocycles. The lowest BCUT2D eigenvalue weighted by Crippen LogP contribution is -2.33. The van der Waals surface area contributed by atoms with Gasteiger partial charge in [0.2, 0.25) is 11.9 Å². The molecule has 1 aromatic carbocycles. The highest BCUT2D eigenvalue weighted by molar-refractivity contribution is 6.30. The Morgan fingerprint density at radius 2 is 2.05 bits per heavy atom. The van der Waals surface area contributed by atoms with Crippen LogP contribution in [0.5, 0.6) is 0 Å². The first-order valence-electron chi connectivity index (χ1n) is 6.87. The Balaban J connectivity index is 2.00. The average molecular weight is 321 g/mol. The molecule has 116 valence electrons.